The first kappa shape index (κ1) is 22.1. The van der Waals surface area contributed by atoms with Gasteiger partial charge in [-0.2, -0.15) is 0 Å². The Labute approximate surface area is 189 Å². The molecule has 2 aromatic carbocycles. The topological polar surface area (TPSA) is 61.8 Å². The van der Waals surface area contributed by atoms with Gasteiger partial charge in [-0.25, -0.2) is 0 Å². The fraction of sp³-hybridized carbons (Fsp3) is 0.296. The Bertz CT molecular complexity index is 1080. The quantitative estimate of drug-likeness (QED) is 0.460. The molecule has 2 atom stereocenters. The summed E-state index contributed by atoms with van der Waals surface area (Å²) in [6.07, 6.45) is -0.384. The highest BCUT2D eigenvalue weighted by Gasteiger charge is 2.26. The number of carbonyl (C=O) groups excluding carboxylic acids is 1. The number of nitrogens with one attached hydrogen (secondary N) is 1. The van der Waals surface area contributed by atoms with E-state index in [0.717, 1.165) is 36.6 Å². The Hall–Kier alpha value is -3.15. The minimum atomic E-state index is -0.384. The molecular weight excluding hydrogens is 400 g/mol. The van der Waals surface area contributed by atoms with Crippen LogP contribution in [0.1, 0.15) is 24.2 Å². The number of aliphatic hydroxyl groups excluding tert-OH is 1. The predicted molar refractivity (Wildman–Crippen MR) is 130 cm³/mol. The molecule has 1 fully saturated rings. The maximum Gasteiger partial charge on any atom is 0.159 e. The summed E-state index contributed by atoms with van der Waals surface area (Å²) < 4.78 is 5.39. The van der Waals surface area contributed by atoms with Gasteiger partial charge in [0, 0.05) is 42.0 Å². The SMILES string of the molecule is CC(=O)c1ccc(N2CCNCC2C(C)O)cc1.COc1c(-c2ccccc2)cc2cc1-2. The summed E-state index contributed by atoms with van der Waals surface area (Å²) in [6.45, 7) is 5.95. The first-order valence-electron chi connectivity index (χ1n) is 11.0. The van der Waals surface area contributed by atoms with Crippen molar-refractivity contribution in [1.29, 1.82) is 0 Å². The fourth-order valence-electron chi connectivity index (χ4n) is 4.22. The number of methoxy groups -OCH3 is 1. The molecule has 0 amide bonds. The number of carbonyl (C=O) groups is 1. The van der Waals surface area contributed by atoms with Gasteiger partial charge in [0.05, 0.1) is 19.3 Å². The van der Waals surface area contributed by atoms with E-state index in [9.17, 15) is 9.90 Å². The Morgan fingerprint density at radius 3 is 2.31 bits per heavy atom. The Balaban J connectivity index is 0.000000157. The molecule has 0 radical (unpaired) electrons. The van der Waals surface area contributed by atoms with E-state index in [-0.39, 0.29) is 17.9 Å². The lowest BCUT2D eigenvalue weighted by atomic mass is 10.1. The molecule has 1 heterocycles. The van der Waals surface area contributed by atoms with Gasteiger partial charge in [-0.05, 0) is 61.4 Å². The third kappa shape index (κ3) is 4.69. The van der Waals surface area contributed by atoms with Crippen LogP contribution >= 0.6 is 0 Å². The Kier molecular flexibility index (Phi) is 6.58. The van der Waals surface area contributed by atoms with Crippen LogP contribution in [0, 0.1) is 0 Å². The molecule has 2 N–H and O–H groups in total. The van der Waals surface area contributed by atoms with Gasteiger partial charge in [0.1, 0.15) is 5.75 Å². The molecule has 0 spiro atoms. The number of fused-ring (bicyclic) bond motifs is 1. The molecule has 0 bridgehead atoms. The zero-order valence-corrected chi connectivity index (χ0v) is 18.8. The zero-order valence-electron chi connectivity index (χ0n) is 18.8. The summed E-state index contributed by atoms with van der Waals surface area (Å²) in [5.74, 6) is 1.10. The molecule has 5 rings (SSSR count). The van der Waals surface area contributed by atoms with E-state index in [2.05, 4.69) is 34.5 Å². The molecule has 0 aromatic heterocycles. The fourth-order valence-corrected chi connectivity index (χ4v) is 4.22. The van der Waals surface area contributed by atoms with Crippen LogP contribution in [0.3, 0.4) is 0 Å². The van der Waals surface area contributed by atoms with Gasteiger partial charge in [-0.15, -0.1) is 0 Å². The summed E-state index contributed by atoms with van der Waals surface area (Å²) in [7, 11) is 1.73. The van der Waals surface area contributed by atoms with E-state index in [1.54, 1.807) is 14.0 Å². The van der Waals surface area contributed by atoms with Crippen LogP contribution in [0.25, 0.3) is 22.3 Å². The number of rotatable bonds is 5. The number of anilines is 1. The zero-order chi connectivity index (χ0) is 22.7. The highest BCUT2D eigenvalue weighted by Crippen LogP contribution is 2.50. The molecule has 5 heteroatoms. The number of ether oxygens (including phenoxy) is 1. The summed E-state index contributed by atoms with van der Waals surface area (Å²) >= 11 is 0. The van der Waals surface area contributed by atoms with Gasteiger partial charge in [-0.1, -0.05) is 30.3 Å². The van der Waals surface area contributed by atoms with Crippen LogP contribution in [0.4, 0.5) is 5.69 Å². The van der Waals surface area contributed by atoms with Crippen molar-refractivity contribution in [2.24, 2.45) is 0 Å². The van der Waals surface area contributed by atoms with Crippen molar-refractivity contribution in [1.82, 2.24) is 5.32 Å². The van der Waals surface area contributed by atoms with Crippen LogP contribution in [-0.4, -0.2) is 49.8 Å². The minimum Gasteiger partial charge on any atom is -0.495 e. The first-order valence-corrected chi connectivity index (χ1v) is 11.0. The number of Topliss-reactive ketones (excluding diaryl/α,β-unsaturated/α-hetero) is 1. The highest BCUT2D eigenvalue weighted by molar-refractivity contribution is 5.97. The number of ketones is 1. The van der Waals surface area contributed by atoms with E-state index in [1.807, 2.05) is 49.4 Å². The second kappa shape index (κ2) is 9.55. The Morgan fingerprint density at radius 2 is 1.72 bits per heavy atom. The molecule has 3 aliphatic rings. The lowest BCUT2D eigenvalue weighted by molar-refractivity contribution is 0.101. The number of hydrogen-bond acceptors (Lipinski definition) is 5. The average Bonchev–Trinajstić information content (AvgIpc) is 3.50. The smallest absolute Gasteiger partial charge is 0.159 e. The maximum absolute atomic E-state index is 11.2. The summed E-state index contributed by atoms with van der Waals surface area (Å²) in [6, 6.07) is 22.4. The van der Waals surface area contributed by atoms with Crippen LogP contribution in [-0.2, 0) is 0 Å². The van der Waals surface area contributed by atoms with Crippen molar-refractivity contribution in [3.05, 3.63) is 72.3 Å². The van der Waals surface area contributed by atoms with Crippen molar-refractivity contribution in [2.75, 3.05) is 31.6 Å². The average molecular weight is 431 g/mol. The molecule has 2 aromatic rings. The monoisotopic (exact) mass is 430 g/mol. The molecular formula is C27H30N2O3. The summed E-state index contributed by atoms with van der Waals surface area (Å²) in [4.78, 5) is 13.4. The van der Waals surface area contributed by atoms with E-state index >= 15 is 0 Å². The number of benzene rings is 3. The van der Waals surface area contributed by atoms with Crippen molar-refractivity contribution in [3.63, 3.8) is 0 Å². The van der Waals surface area contributed by atoms with Gasteiger partial charge in [0.25, 0.3) is 0 Å². The molecule has 166 valence electrons. The van der Waals surface area contributed by atoms with Crippen LogP contribution in [0.2, 0.25) is 0 Å². The molecule has 0 saturated carbocycles. The number of aliphatic hydroxyl groups is 1. The van der Waals surface area contributed by atoms with Gasteiger partial charge in [0.15, 0.2) is 5.78 Å². The van der Waals surface area contributed by atoms with E-state index in [4.69, 9.17) is 4.74 Å². The van der Waals surface area contributed by atoms with Gasteiger partial charge >= 0.3 is 0 Å². The molecule has 5 nitrogen and oxygen atoms in total. The van der Waals surface area contributed by atoms with Crippen molar-refractivity contribution in [3.8, 4) is 28.0 Å². The van der Waals surface area contributed by atoms with E-state index < -0.39 is 0 Å². The third-order valence-electron chi connectivity index (χ3n) is 6.05. The maximum atomic E-state index is 11.2. The highest BCUT2D eigenvalue weighted by atomic mass is 16.5. The van der Waals surface area contributed by atoms with Crippen molar-refractivity contribution < 1.29 is 14.6 Å². The molecule has 1 aliphatic heterocycles. The second-order valence-corrected chi connectivity index (χ2v) is 8.28. The normalized spacial score (nSPS) is 17.1. The van der Waals surface area contributed by atoms with Crippen LogP contribution in [0.15, 0.2) is 66.7 Å². The van der Waals surface area contributed by atoms with Gasteiger partial charge < -0.3 is 20.1 Å². The third-order valence-corrected chi connectivity index (χ3v) is 6.05. The largest absolute Gasteiger partial charge is 0.495 e. The number of nitrogens with zero attached hydrogens (tertiary/aromatic N) is 1. The van der Waals surface area contributed by atoms with E-state index in [0.29, 0.717) is 0 Å². The lowest BCUT2D eigenvalue weighted by Crippen LogP contribution is -2.55. The molecule has 1 saturated heterocycles. The lowest BCUT2D eigenvalue weighted by Gasteiger charge is -2.39. The van der Waals surface area contributed by atoms with Crippen LogP contribution < -0.4 is 15.0 Å². The molecule has 32 heavy (non-hydrogen) atoms. The number of piperazine rings is 1. The van der Waals surface area contributed by atoms with Gasteiger partial charge in [0.2, 0.25) is 0 Å². The standard InChI is InChI=1S/C14H20N2O2.C13H10O/c1-10(17)12-3-5-13(6-4-12)16-8-7-15-9-14(16)11(2)18;1-14-13-11(7-10-8-12(10)13)9-5-3-2-4-6-9/h3-6,11,14-15,18H,7-9H2,1-2H3;2-8H,1H3. The summed E-state index contributed by atoms with van der Waals surface area (Å²) in [5.41, 5.74) is 6.81. The van der Waals surface area contributed by atoms with Crippen molar-refractivity contribution >= 4 is 11.5 Å². The van der Waals surface area contributed by atoms with E-state index in [1.165, 1.54) is 22.3 Å². The first-order chi connectivity index (χ1) is 15.5. The van der Waals surface area contributed by atoms with Gasteiger partial charge in [-0.3, -0.25) is 4.79 Å². The second-order valence-electron chi connectivity index (χ2n) is 8.28. The number of hydrogen-bond donors (Lipinski definition) is 2. The molecule has 2 aliphatic carbocycles. The molecule has 2 unspecified atom stereocenters. The predicted octanol–water partition coefficient (Wildman–Crippen LogP) is 4.39. The van der Waals surface area contributed by atoms with Crippen molar-refractivity contribution in [2.45, 2.75) is 26.0 Å². The summed E-state index contributed by atoms with van der Waals surface area (Å²) in [5, 5.41) is 13.1. The Morgan fingerprint density at radius 1 is 1.06 bits per heavy atom. The minimum absolute atomic E-state index is 0.0777. The van der Waals surface area contributed by atoms with Crippen LogP contribution in [0.5, 0.6) is 5.75 Å².